The second-order valence-corrected chi connectivity index (χ2v) is 5.99. The Morgan fingerprint density at radius 2 is 1.95 bits per heavy atom. The van der Waals surface area contributed by atoms with E-state index in [-0.39, 0.29) is 5.91 Å². The van der Waals surface area contributed by atoms with Crippen LogP contribution in [0.2, 0.25) is 10.2 Å². The Labute approximate surface area is 140 Å². The number of carbonyl (C=O) groups is 1. The molecular weight excluding hydrogens is 341 g/mol. The SMILES string of the molecule is O=C(Nc1nc(-c2ccccc2Cl)cs1)c1ccc(Cl)nc1. The van der Waals surface area contributed by atoms with E-state index in [0.717, 1.165) is 11.3 Å². The molecule has 0 bridgehead atoms. The Morgan fingerprint density at radius 1 is 1.14 bits per heavy atom. The van der Waals surface area contributed by atoms with E-state index >= 15 is 0 Å². The monoisotopic (exact) mass is 349 g/mol. The molecule has 0 aliphatic heterocycles. The molecule has 4 nitrogen and oxygen atoms in total. The van der Waals surface area contributed by atoms with Crippen LogP contribution in [0.5, 0.6) is 0 Å². The molecule has 0 fully saturated rings. The summed E-state index contributed by atoms with van der Waals surface area (Å²) in [7, 11) is 0. The number of pyridine rings is 1. The Hall–Kier alpha value is -1.95. The third-order valence-corrected chi connectivity index (χ3v) is 4.17. The van der Waals surface area contributed by atoms with Gasteiger partial charge in [-0.2, -0.15) is 0 Å². The molecule has 3 aromatic rings. The van der Waals surface area contributed by atoms with E-state index in [0.29, 0.717) is 20.9 Å². The molecule has 0 saturated heterocycles. The summed E-state index contributed by atoms with van der Waals surface area (Å²) in [4.78, 5) is 20.3. The van der Waals surface area contributed by atoms with E-state index in [1.54, 1.807) is 18.2 Å². The molecule has 22 heavy (non-hydrogen) atoms. The summed E-state index contributed by atoms with van der Waals surface area (Å²) in [6.07, 6.45) is 1.42. The lowest BCUT2D eigenvalue weighted by atomic mass is 10.2. The number of nitrogens with zero attached hydrogens (tertiary/aromatic N) is 2. The molecule has 0 atom stereocenters. The minimum atomic E-state index is -0.288. The summed E-state index contributed by atoms with van der Waals surface area (Å²) in [5.41, 5.74) is 1.97. The zero-order chi connectivity index (χ0) is 15.5. The summed E-state index contributed by atoms with van der Waals surface area (Å²) in [6.45, 7) is 0. The van der Waals surface area contributed by atoms with Gasteiger partial charge in [-0.3, -0.25) is 10.1 Å². The number of benzene rings is 1. The van der Waals surface area contributed by atoms with Gasteiger partial charge in [0.2, 0.25) is 0 Å². The van der Waals surface area contributed by atoms with Crippen LogP contribution in [-0.4, -0.2) is 15.9 Å². The highest BCUT2D eigenvalue weighted by atomic mass is 35.5. The van der Waals surface area contributed by atoms with E-state index in [1.807, 2.05) is 23.6 Å². The van der Waals surface area contributed by atoms with Crippen molar-refractivity contribution in [2.75, 3.05) is 5.32 Å². The summed E-state index contributed by atoms with van der Waals surface area (Å²) in [6, 6.07) is 10.6. The maximum atomic E-state index is 12.1. The molecule has 0 aliphatic rings. The predicted octanol–water partition coefficient (Wildman–Crippen LogP) is 4.76. The minimum absolute atomic E-state index is 0.288. The number of halogens is 2. The summed E-state index contributed by atoms with van der Waals surface area (Å²) < 4.78 is 0. The molecule has 0 spiro atoms. The number of thiazole rings is 1. The molecule has 0 radical (unpaired) electrons. The Balaban J connectivity index is 1.78. The fraction of sp³-hybridized carbons (Fsp3) is 0. The van der Waals surface area contributed by atoms with Gasteiger partial charge in [0.15, 0.2) is 5.13 Å². The minimum Gasteiger partial charge on any atom is -0.298 e. The van der Waals surface area contributed by atoms with Gasteiger partial charge in [0.05, 0.1) is 11.3 Å². The van der Waals surface area contributed by atoms with Gasteiger partial charge < -0.3 is 0 Å². The average molecular weight is 350 g/mol. The van der Waals surface area contributed by atoms with Crippen molar-refractivity contribution in [2.45, 2.75) is 0 Å². The highest BCUT2D eigenvalue weighted by molar-refractivity contribution is 7.14. The fourth-order valence-electron chi connectivity index (χ4n) is 1.80. The van der Waals surface area contributed by atoms with Crippen molar-refractivity contribution < 1.29 is 4.79 Å². The Kier molecular flexibility index (Phi) is 4.38. The number of aromatic nitrogens is 2. The van der Waals surface area contributed by atoms with E-state index in [2.05, 4.69) is 15.3 Å². The van der Waals surface area contributed by atoms with Crippen LogP contribution in [0.4, 0.5) is 5.13 Å². The van der Waals surface area contributed by atoms with Crippen LogP contribution in [-0.2, 0) is 0 Å². The van der Waals surface area contributed by atoms with Crippen molar-refractivity contribution in [3.8, 4) is 11.3 Å². The molecule has 1 N–H and O–H groups in total. The molecule has 1 amide bonds. The molecule has 3 rings (SSSR count). The maximum Gasteiger partial charge on any atom is 0.259 e. The summed E-state index contributed by atoms with van der Waals surface area (Å²) >= 11 is 13.2. The van der Waals surface area contributed by atoms with Crippen LogP contribution >= 0.6 is 34.5 Å². The number of amides is 1. The molecule has 7 heteroatoms. The molecule has 2 heterocycles. The van der Waals surface area contributed by atoms with Crippen LogP contribution < -0.4 is 5.32 Å². The lowest BCUT2D eigenvalue weighted by molar-refractivity contribution is 0.102. The average Bonchev–Trinajstić information content (AvgIpc) is 2.96. The Morgan fingerprint density at radius 3 is 2.68 bits per heavy atom. The lowest BCUT2D eigenvalue weighted by Gasteiger charge is -2.01. The first kappa shape index (κ1) is 15.0. The quantitative estimate of drug-likeness (QED) is 0.693. The first-order valence-electron chi connectivity index (χ1n) is 6.27. The molecule has 2 aromatic heterocycles. The van der Waals surface area contributed by atoms with Crippen molar-refractivity contribution in [1.29, 1.82) is 0 Å². The standard InChI is InChI=1S/C15H9Cl2N3OS/c16-11-4-2-1-3-10(11)12-8-22-15(19-12)20-14(21)9-5-6-13(17)18-7-9/h1-8H,(H,19,20,21). The maximum absolute atomic E-state index is 12.1. The van der Waals surface area contributed by atoms with Gasteiger partial charge in [-0.25, -0.2) is 9.97 Å². The zero-order valence-electron chi connectivity index (χ0n) is 11.1. The van der Waals surface area contributed by atoms with E-state index < -0.39 is 0 Å². The second kappa shape index (κ2) is 6.44. The van der Waals surface area contributed by atoms with E-state index in [9.17, 15) is 4.79 Å². The van der Waals surface area contributed by atoms with Crippen LogP contribution in [0.1, 0.15) is 10.4 Å². The molecule has 110 valence electrons. The van der Waals surface area contributed by atoms with Crippen LogP contribution in [0.25, 0.3) is 11.3 Å². The smallest absolute Gasteiger partial charge is 0.259 e. The van der Waals surface area contributed by atoms with Crippen molar-refractivity contribution in [1.82, 2.24) is 9.97 Å². The topological polar surface area (TPSA) is 54.9 Å². The highest BCUT2D eigenvalue weighted by Crippen LogP contribution is 2.30. The predicted molar refractivity (Wildman–Crippen MR) is 89.8 cm³/mol. The van der Waals surface area contributed by atoms with Crippen LogP contribution in [0.15, 0.2) is 48.0 Å². The third kappa shape index (κ3) is 3.27. The third-order valence-electron chi connectivity index (χ3n) is 2.86. The van der Waals surface area contributed by atoms with Crippen molar-refractivity contribution in [2.24, 2.45) is 0 Å². The lowest BCUT2D eigenvalue weighted by Crippen LogP contribution is -2.11. The normalized spacial score (nSPS) is 10.5. The number of rotatable bonds is 3. The molecule has 1 aromatic carbocycles. The van der Waals surface area contributed by atoms with E-state index in [1.165, 1.54) is 17.5 Å². The molecule has 0 aliphatic carbocycles. The highest BCUT2D eigenvalue weighted by Gasteiger charge is 2.11. The number of carbonyl (C=O) groups excluding carboxylic acids is 1. The summed E-state index contributed by atoms with van der Waals surface area (Å²) in [5, 5.41) is 6.03. The van der Waals surface area contributed by atoms with Gasteiger partial charge >= 0.3 is 0 Å². The number of nitrogens with one attached hydrogen (secondary N) is 1. The number of hydrogen-bond donors (Lipinski definition) is 1. The van der Waals surface area contributed by atoms with Crippen LogP contribution in [0, 0.1) is 0 Å². The zero-order valence-corrected chi connectivity index (χ0v) is 13.4. The Bertz CT molecular complexity index is 818. The van der Waals surface area contributed by atoms with Gasteiger partial charge in [0, 0.05) is 22.2 Å². The molecule has 0 saturated carbocycles. The van der Waals surface area contributed by atoms with Crippen molar-refractivity contribution >= 4 is 45.6 Å². The van der Waals surface area contributed by atoms with Crippen LogP contribution in [0.3, 0.4) is 0 Å². The molecular formula is C15H9Cl2N3OS. The first-order chi connectivity index (χ1) is 10.6. The number of hydrogen-bond acceptors (Lipinski definition) is 4. The van der Waals surface area contributed by atoms with E-state index in [4.69, 9.17) is 23.2 Å². The van der Waals surface area contributed by atoms with Gasteiger partial charge in [0.1, 0.15) is 5.15 Å². The van der Waals surface area contributed by atoms with Crippen molar-refractivity contribution in [3.63, 3.8) is 0 Å². The van der Waals surface area contributed by atoms with Gasteiger partial charge in [-0.15, -0.1) is 11.3 Å². The van der Waals surface area contributed by atoms with Gasteiger partial charge in [-0.1, -0.05) is 41.4 Å². The van der Waals surface area contributed by atoms with Gasteiger partial charge in [0.25, 0.3) is 5.91 Å². The largest absolute Gasteiger partial charge is 0.298 e. The van der Waals surface area contributed by atoms with Gasteiger partial charge in [-0.05, 0) is 18.2 Å². The fourth-order valence-corrected chi connectivity index (χ4v) is 2.85. The number of anilines is 1. The molecule has 0 unspecified atom stereocenters. The second-order valence-electron chi connectivity index (χ2n) is 4.34. The first-order valence-corrected chi connectivity index (χ1v) is 7.90. The summed E-state index contributed by atoms with van der Waals surface area (Å²) in [5.74, 6) is -0.288. The van der Waals surface area contributed by atoms with Crippen molar-refractivity contribution in [3.05, 3.63) is 63.7 Å².